The van der Waals surface area contributed by atoms with Gasteiger partial charge in [0.2, 0.25) is 5.89 Å². The summed E-state index contributed by atoms with van der Waals surface area (Å²) in [7, 11) is 0. The van der Waals surface area contributed by atoms with E-state index in [0.29, 0.717) is 23.9 Å². The van der Waals surface area contributed by atoms with Crippen LogP contribution in [0.3, 0.4) is 0 Å². The summed E-state index contributed by atoms with van der Waals surface area (Å²) in [4.78, 5) is 16.1. The van der Waals surface area contributed by atoms with Gasteiger partial charge in [-0.1, -0.05) is 15.9 Å². The lowest BCUT2D eigenvalue weighted by atomic mass is 10.3. The second-order valence-electron chi connectivity index (χ2n) is 4.91. The number of carbonyl (C=O) groups is 1. The number of aromatic nitrogens is 1. The molecule has 7 heteroatoms. The van der Waals surface area contributed by atoms with Crippen molar-refractivity contribution in [2.45, 2.75) is 18.4 Å². The quantitative estimate of drug-likeness (QED) is 0.827. The van der Waals surface area contributed by atoms with Gasteiger partial charge in [0.1, 0.15) is 16.8 Å². The van der Waals surface area contributed by atoms with Gasteiger partial charge in [-0.05, 0) is 31.0 Å². The topological polar surface area (TPSA) is 105 Å². The van der Waals surface area contributed by atoms with Crippen LogP contribution in [0.4, 0.5) is 0 Å². The Hall–Kier alpha value is -2.33. The van der Waals surface area contributed by atoms with Crippen molar-refractivity contribution >= 4 is 39.0 Å². The molecule has 0 bridgehead atoms. The molecule has 0 atom stereocenters. The Labute approximate surface area is 128 Å². The smallest absolute Gasteiger partial charge is 0.268 e. The van der Waals surface area contributed by atoms with E-state index in [-0.39, 0.29) is 11.6 Å². The van der Waals surface area contributed by atoms with Crippen molar-refractivity contribution < 1.29 is 9.21 Å². The number of benzene rings is 1. The van der Waals surface area contributed by atoms with E-state index in [1.165, 1.54) is 6.08 Å². The molecule has 1 aliphatic rings. The third kappa shape index (κ3) is 2.76. The van der Waals surface area contributed by atoms with E-state index in [0.717, 1.165) is 4.47 Å². The van der Waals surface area contributed by atoms with Crippen molar-refractivity contribution in [1.82, 2.24) is 10.3 Å². The Bertz CT molecular complexity index is 799. The van der Waals surface area contributed by atoms with Gasteiger partial charge < -0.3 is 15.5 Å². The molecule has 1 heterocycles. The summed E-state index contributed by atoms with van der Waals surface area (Å²) in [5, 5.41) is 11.5. The molecular formula is C14H11BrN4O2. The minimum atomic E-state index is -0.748. The van der Waals surface area contributed by atoms with E-state index in [1.807, 2.05) is 6.07 Å². The van der Waals surface area contributed by atoms with Crippen LogP contribution >= 0.6 is 15.9 Å². The van der Waals surface area contributed by atoms with Gasteiger partial charge in [0.25, 0.3) is 5.91 Å². The average Bonchev–Trinajstić information content (AvgIpc) is 3.11. The van der Waals surface area contributed by atoms with Crippen LogP contribution in [-0.2, 0) is 4.79 Å². The molecule has 1 aromatic carbocycles. The molecule has 0 unspecified atom stereocenters. The average molecular weight is 347 g/mol. The number of hydrogen-bond donors (Lipinski definition) is 2. The zero-order valence-corrected chi connectivity index (χ0v) is 12.5. The van der Waals surface area contributed by atoms with Crippen molar-refractivity contribution in [1.29, 1.82) is 5.26 Å². The Kier molecular flexibility index (Phi) is 3.18. The third-order valence-corrected chi connectivity index (χ3v) is 3.72. The third-order valence-electron chi connectivity index (χ3n) is 3.23. The van der Waals surface area contributed by atoms with Gasteiger partial charge in [0, 0.05) is 10.5 Å². The van der Waals surface area contributed by atoms with Crippen molar-refractivity contribution in [3.63, 3.8) is 0 Å². The van der Waals surface area contributed by atoms with Crippen LogP contribution in [0.5, 0.6) is 0 Å². The van der Waals surface area contributed by atoms with E-state index >= 15 is 0 Å². The Morgan fingerprint density at radius 1 is 1.57 bits per heavy atom. The molecular weight excluding hydrogens is 336 g/mol. The van der Waals surface area contributed by atoms with E-state index in [1.54, 1.807) is 12.1 Å². The van der Waals surface area contributed by atoms with Gasteiger partial charge in [-0.15, -0.1) is 0 Å². The standard InChI is InChI=1S/C14H11BrN4O2/c15-8-1-2-10-11(5-8)21-12(18-10)6-9(17)13(20)19-14(7-16)3-4-14/h1-2,5-6H,3-4,17H2,(H,19,20)/b9-6-. The number of carbonyl (C=O) groups excluding carboxylic acids is 1. The molecule has 21 heavy (non-hydrogen) atoms. The number of fused-ring (bicyclic) bond motifs is 1. The number of hydrogen-bond acceptors (Lipinski definition) is 5. The van der Waals surface area contributed by atoms with Crippen LogP contribution in [0.1, 0.15) is 18.7 Å². The highest BCUT2D eigenvalue weighted by Crippen LogP contribution is 2.34. The maximum atomic E-state index is 11.9. The number of rotatable bonds is 3. The molecule has 0 spiro atoms. The molecule has 1 amide bonds. The largest absolute Gasteiger partial charge is 0.437 e. The van der Waals surface area contributed by atoms with Gasteiger partial charge in [-0.2, -0.15) is 5.26 Å². The zero-order chi connectivity index (χ0) is 15.0. The number of nitrogens with one attached hydrogen (secondary N) is 1. The Morgan fingerprint density at radius 2 is 2.33 bits per heavy atom. The summed E-state index contributed by atoms with van der Waals surface area (Å²) in [6.45, 7) is 0. The molecule has 2 aromatic rings. The van der Waals surface area contributed by atoms with E-state index in [2.05, 4.69) is 32.3 Å². The highest BCUT2D eigenvalue weighted by Gasteiger charge is 2.44. The molecule has 0 aliphatic heterocycles. The molecule has 1 fully saturated rings. The first-order valence-corrected chi connectivity index (χ1v) is 7.08. The summed E-state index contributed by atoms with van der Waals surface area (Å²) in [6.07, 6.45) is 2.66. The van der Waals surface area contributed by atoms with E-state index < -0.39 is 11.4 Å². The van der Waals surface area contributed by atoms with Gasteiger partial charge in [0.15, 0.2) is 5.58 Å². The van der Waals surface area contributed by atoms with Crippen LogP contribution in [0.25, 0.3) is 17.2 Å². The molecule has 3 N–H and O–H groups in total. The Morgan fingerprint density at radius 3 is 3.00 bits per heavy atom. The Balaban J connectivity index is 1.82. The number of amides is 1. The zero-order valence-electron chi connectivity index (χ0n) is 10.9. The second kappa shape index (κ2) is 4.90. The minimum absolute atomic E-state index is 0.0397. The molecule has 1 aromatic heterocycles. The maximum absolute atomic E-state index is 11.9. The molecule has 6 nitrogen and oxygen atoms in total. The first kappa shape index (κ1) is 13.6. The lowest BCUT2D eigenvalue weighted by Gasteiger charge is -2.08. The van der Waals surface area contributed by atoms with Crippen LogP contribution in [0.15, 0.2) is 32.8 Å². The van der Waals surface area contributed by atoms with E-state index in [4.69, 9.17) is 15.4 Å². The summed E-state index contributed by atoms with van der Waals surface area (Å²) >= 11 is 3.34. The lowest BCUT2D eigenvalue weighted by molar-refractivity contribution is -0.118. The van der Waals surface area contributed by atoms with Crippen LogP contribution in [0.2, 0.25) is 0 Å². The van der Waals surface area contributed by atoms with Crippen molar-refractivity contribution in [3.8, 4) is 6.07 Å². The number of nitriles is 1. The molecule has 3 rings (SSSR count). The normalized spacial score (nSPS) is 16.5. The molecule has 1 aliphatic carbocycles. The van der Waals surface area contributed by atoms with Crippen molar-refractivity contribution in [2.24, 2.45) is 5.73 Å². The fourth-order valence-corrected chi connectivity index (χ4v) is 2.20. The molecule has 0 radical (unpaired) electrons. The number of halogens is 1. The summed E-state index contributed by atoms with van der Waals surface area (Å²) in [6, 6.07) is 7.50. The number of nitrogens with two attached hydrogens (primary N) is 1. The van der Waals surface area contributed by atoms with Gasteiger partial charge in [-0.3, -0.25) is 4.79 Å². The second-order valence-corrected chi connectivity index (χ2v) is 5.83. The predicted octanol–water partition coefficient (Wildman–Crippen LogP) is 2.06. The molecule has 0 saturated heterocycles. The minimum Gasteiger partial charge on any atom is -0.437 e. The summed E-state index contributed by atoms with van der Waals surface area (Å²) in [5.74, 6) is -0.241. The highest BCUT2D eigenvalue weighted by atomic mass is 79.9. The van der Waals surface area contributed by atoms with Gasteiger partial charge in [0.05, 0.1) is 6.07 Å². The van der Waals surface area contributed by atoms with Crippen molar-refractivity contribution in [2.75, 3.05) is 0 Å². The van der Waals surface area contributed by atoms with Gasteiger partial charge >= 0.3 is 0 Å². The van der Waals surface area contributed by atoms with Crippen molar-refractivity contribution in [3.05, 3.63) is 34.3 Å². The fraction of sp³-hybridized carbons (Fsp3) is 0.214. The maximum Gasteiger partial charge on any atom is 0.268 e. The lowest BCUT2D eigenvalue weighted by Crippen LogP contribution is -2.38. The summed E-state index contributed by atoms with van der Waals surface area (Å²) in [5.41, 5.74) is 6.20. The first-order chi connectivity index (χ1) is 10.0. The molecule has 106 valence electrons. The SMILES string of the molecule is N#CC1(NC(=O)/C(N)=C/c2nc3ccc(Br)cc3o2)CC1. The van der Waals surface area contributed by atoms with Gasteiger partial charge in [-0.25, -0.2) is 4.98 Å². The van der Waals surface area contributed by atoms with Crippen LogP contribution in [0, 0.1) is 11.3 Å². The number of nitrogens with zero attached hydrogens (tertiary/aromatic N) is 2. The summed E-state index contributed by atoms with van der Waals surface area (Å²) < 4.78 is 6.37. The fourth-order valence-electron chi connectivity index (χ4n) is 1.86. The monoisotopic (exact) mass is 346 g/mol. The van der Waals surface area contributed by atoms with Crippen LogP contribution < -0.4 is 11.1 Å². The number of oxazole rings is 1. The van der Waals surface area contributed by atoms with Crippen LogP contribution in [-0.4, -0.2) is 16.4 Å². The predicted molar refractivity (Wildman–Crippen MR) is 79.6 cm³/mol. The molecule has 1 saturated carbocycles. The first-order valence-electron chi connectivity index (χ1n) is 6.28. The van der Waals surface area contributed by atoms with E-state index in [9.17, 15) is 4.79 Å². The highest BCUT2D eigenvalue weighted by molar-refractivity contribution is 9.10.